The van der Waals surface area contributed by atoms with Gasteiger partial charge in [-0.2, -0.15) is 0 Å². The highest BCUT2D eigenvalue weighted by Crippen LogP contribution is 2.23. The predicted molar refractivity (Wildman–Crippen MR) is 130 cm³/mol. The highest BCUT2D eigenvalue weighted by atomic mass is 32.2. The Balaban J connectivity index is 1.38. The van der Waals surface area contributed by atoms with Crippen molar-refractivity contribution >= 4 is 40.7 Å². The first kappa shape index (κ1) is 22.8. The average Bonchev–Trinajstić information content (AvgIpc) is 3.46. The van der Waals surface area contributed by atoms with Gasteiger partial charge in [0, 0.05) is 16.8 Å². The van der Waals surface area contributed by atoms with E-state index in [2.05, 4.69) is 15.3 Å². The topological polar surface area (TPSA) is 86.1 Å². The molecule has 4 rings (SSSR count). The number of thiazole rings is 1. The van der Waals surface area contributed by atoms with Crippen molar-refractivity contribution in [2.24, 2.45) is 0 Å². The van der Waals surface area contributed by atoms with Crippen LogP contribution in [0, 0.1) is 6.92 Å². The van der Waals surface area contributed by atoms with Crippen molar-refractivity contribution in [1.82, 2.24) is 14.5 Å². The number of rotatable bonds is 8. The van der Waals surface area contributed by atoms with Crippen LogP contribution >= 0.6 is 23.1 Å². The lowest BCUT2D eigenvalue weighted by Crippen LogP contribution is -2.15. The van der Waals surface area contributed by atoms with E-state index in [1.165, 1.54) is 29.3 Å². The number of amides is 1. The minimum absolute atomic E-state index is 0.0172. The molecule has 0 saturated heterocycles. The Morgan fingerprint density at radius 2 is 1.88 bits per heavy atom. The number of ether oxygens (including phenoxy) is 1. The quantitative estimate of drug-likeness (QED) is 0.286. The Bertz CT molecular complexity index is 1270. The molecule has 0 bridgehead atoms. The van der Waals surface area contributed by atoms with Crippen LogP contribution in [-0.4, -0.2) is 32.7 Å². The van der Waals surface area contributed by atoms with E-state index in [1.54, 1.807) is 9.95 Å². The second kappa shape index (κ2) is 10.5. The molecule has 0 fully saturated rings. The van der Waals surface area contributed by atoms with E-state index in [9.17, 15) is 9.59 Å². The van der Waals surface area contributed by atoms with Crippen LogP contribution in [-0.2, 0) is 22.6 Å². The zero-order valence-electron chi connectivity index (χ0n) is 18.1. The number of carbonyl (C=O) groups excluding carboxylic acids is 2. The Kier molecular flexibility index (Phi) is 7.21. The summed E-state index contributed by atoms with van der Waals surface area (Å²) in [5.74, 6) is -0.628. The lowest BCUT2D eigenvalue weighted by molar-refractivity contribution is -0.115. The zero-order chi connectivity index (χ0) is 23.2. The van der Waals surface area contributed by atoms with Gasteiger partial charge in [-0.1, -0.05) is 48.2 Å². The third-order valence-corrected chi connectivity index (χ3v) is 6.37. The van der Waals surface area contributed by atoms with Crippen LogP contribution in [0.25, 0.3) is 5.69 Å². The molecular formula is C24H22N4O3S2. The van der Waals surface area contributed by atoms with Crippen LogP contribution in [0.3, 0.4) is 0 Å². The van der Waals surface area contributed by atoms with Crippen molar-refractivity contribution in [2.75, 3.05) is 11.6 Å². The van der Waals surface area contributed by atoms with Crippen molar-refractivity contribution in [1.29, 1.82) is 0 Å². The summed E-state index contributed by atoms with van der Waals surface area (Å²) in [5.41, 5.74) is 3.56. The molecule has 0 aliphatic heterocycles. The van der Waals surface area contributed by atoms with Gasteiger partial charge in [0.15, 0.2) is 10.9 Å². The molecule has 2 aromatic carbocycles. The van der Waals surface area contributed by atoms with Crippen LogP contribution in [0.1, 0.15) is 26.8 Å². The van der Waals surface area contributed by atoms with Gasteiger partial charge in [-0.3, -0.25) is 9.36 Å². The van der Waals surface area contributed by atoms with Gasteiger partial charge in [0.2, 0.25) is 5.91 Å². The van der Waals surface area contributed by atoms with Crippen LogP contribution in [0.4, 0.5) is 5.69 Å². The summed E-state index contributed by atoms with van der Waals surface area (Å²) in [7, 11) is 0. The van der Waals surface area contributed by atoms with Crippen LogP contribution in [0.15, 0.2) is 71.3 Å². The number of anilines is 1. The summed E-state index contributed by atoms with van der Waals surface area (Å²) in [6, 6.07) is 17.2. The van der Waals surface area contributed by atoms with E-state index in [4.69, 9.17) is 4.74 Å². The Morgan fingerprint density at radius 1 is 1.12 bits per heavy atom. The maximum Gasteiger partial charge on any atom is 0.357 e. The van der Waals surface area contributed by atoms with Crippen molar-refractivity contribution in [3.63, 3.8) is 0 Å². The molecule has 2 heterocycles. The first-order chi connectivity index (χ1) is 16.0. The summed E-state index contributed by atoms with van der Waals surface area (Å²) >= 11 is 2.81. The number of imidazole rings is 1. The predicted octanol–water partition coefficient (Wildman–Crippen LogP) is 4.90. The fourth-order valence-electron chi connectivity index (χ4n) is 3.20. The largest absolute Gasteiger partial charge is 0.454 e. The number of hydrogen-bond donors (Lipinski definition) is 1. The summed E-state index contributed by atoms with van der Waals surface area (Å²) < 4.78 is 7.27. The Labute approximate surface area is 199 Å². The summed E-state index contributed by atoms with van der Waals surface area (Å²) in [6.45, 7) is 1.96. The molecule has 9 heteroatoms. The number of aryl methyl sites for hydroxylation is 1. The molecule has 0 spiro atoms. The average molecular weight is 479 g/mol. The maximum absolute atomic E-state index is 12.8. The van der Waals surface area contributed by atoms with Crippen LogP contribution in [0.5, 0.6) is 0 Å². The third kappa shape index (κ3) is 5.50. The monoisotopic (exact) mass is 478 g/mol. The standard InChI is InChI=1S/C24H22N4O3S2/c1-16-8-6-7-11-19(16)27-21(29)12-22-26-17(15-33-22)14-31-23(30)20-13-25-24(32-2)28(20)18-9-4-3-5-10-18/h3-11,13,15H,12,14H2,1-2H3,(H,27,29). The van der Waals surface area contributed by atoms with Crippen molar-refractivity contribution in [3.8, 4) is 5.69 Å². The third-order valence-electron chi connectivity index (χ3n) is 4.82. The summed E-state index contributed by atoms with van der Waals surface area (Å²) in [5, 5.41) is 6.05. The van der Waals surface area contributed by atoms with Gasteiger partial charge in [-0.25, -0.2) is 14.8 Å². The van der Waals surface area contributed by atoms with Gasteiger partial charge in [0.05, 0.1) is 18.3 Å². The zero-order valence-corrected chi connectivity index (χ0v) is 19.8. The molecule has 168 valence electrons. The highest BCUT2D eigenvalue weighted by molar-refractivity contribution is 7.98. The Morgan fingerprint density at radius 3 is 2.64 bits per heavy atom. The first-order valence-corrected chi connectivity index (χ1v) is 12.3. The molecule has 0 aliphatic rings. The SMILES string of the molecule is CSc1ncc(C(=O)OCc2csc(CC(=O)Nc3ccccc3C)n2)n1-c1ccccc1. The molecule has 1 amide bonds. The molecule has 2 aromatic heterocycles. The molecular weight excluding hydrogens is 456 g/mol. The van der Waals surface area contributed by atoms with E-state index in [0.717, 1.165) is 16.9 Å². The van der Waals surface area contributed by atoms with Crippen molar-refractivity contribution in [2.45, 2.75) is 25.1 Å². The Hall–Kier alpha value is -3.43. The van der Waals surface area contributed by atoms with Crippen molar-refractivity contribution in [3.05, 3.63) is 88.1 Å². The molecule has 1 N–H and O–H groups in total. The fourth-order valence-corrected chi connectivity index (χ4v) is 4.53. The van der Waals surface area contributed by atoms with E-state index in [1.807, 2.05) is 67.8 Å². The number of nitrogens with zero attached hydrogens (tertiary/aromatic N) is 3. The molecule has 0 unspecified atom stereocenters. The highest BCUT2D eigenvalue weighted by Gasteiger charge is 2.19. The number of hydrogen-bond acceptors (Lipinski definition) is 7. The number of benzene rings is 2. The smallest absolute Gasteiger partial charge is 0.357 e. The second-order valence-corrected chi connectivity index (χ2v) is 8.87. The van der Waals surface area contributed by atoms with Crippen molar-refractivity contribution < 1.29 is 14.3 Å². The number of nitrogens with one attached hydrogen (secondary N) is 1. The minimum Gasteiger partial charge on any atom is -0.454 e. The van der Waals surface area contributed by atoms with Gasteiger partial charge < -0.3 is 10.1 Å². The summed E-state index contributed by atoms with van der Waals surface area (Å²) in [4.78, 5) is 33.9. The molecule has 0 aliphatic carbocycles. The van der Waals surface area contributed by atoms with Gasteiger partial charge in [-0.15, -0.1) is 11.3 Å². The number of thioether (sulfide) groups is 1. The molecule has 7 nitrogen and oxygen atoms in total. The number of para-hydroxylation sites is 2. The van der Waals surface area contributed by atoms with Crippen LogP contribution in [0.2, 0.25) is 0 Å². The fraction of sp³-hybridized carbons (Fsp3) is 0.167. The lowest BCUT2D eigenvalue weighted by Gasteiger charge is -2.10. The first-order valence-electron chi connectivity index (χ1n) is 10.2. The normalized spacial score (nSPS) is 10.7. The number of carbonyl (C=O) groups is 2. The van der Waals surface area contributed by atoms with E-state index >= 15 is 0 Å². The number of aromatic nitrogens is 3. The number of esters is 1. The second-order valence-electron chi connectivity index (χ2n) is 7.15. The van der Waals surface area contributed by atoms with Gasteiger partial charge in [0.25, 0.3) is 0 Å². The molecule has 0 saturated carbocycles. The molecule has 0 radical (unpaired) electrons. The van der Waals surface area contributed by atoms with Crippen LogP contribution < -0.4 is 5.32 Å². The minimum atomic E-state index is -0.488. The lowest BCUT2D eigenvalue weighted by atomic mass is 10.2. The van der Waals surface area contributed by atoms with Gasteiger partial charge >= 0.3 is 5.97 Å². The van der Waals surface area contributed by atoms with Gasteiger partial charge in [0.1, 0.15) is 11.6 Å². The molecule has 33 heavy (non-hydrogen) atoms. The van der Waals surface area contributed by atoms with E-state index in [0.29, 0.717) is 21.6 Å². The summed E-state index contributed by atoms with van der Waals surface area (Å²) in [6.07, 6.45) is 3.58. The van der Waals surface area contributed by atoms with Gasteiger partial charge in [-0.05, 0) is 36.9 Å². The molecule has 4 aromatic rings. The van der Waals surface area contributed by atoms with E-state index in [-0.39, 0.29) is 18.9 Å². The maximum atomic E-state index is 12.8. The molecule has 0 atom stereocenters. The van der Waals surface area contributed by atoms with E-state index < -0.39 is 5.97 Å².